The number of nitriles is 1. The first kappa shape index (κ1) is 16.5. The number of rotatable bonds is 5. The van der Waals surface area contributed by atoms with Crippen molar-refractivity contribution < 1.29 is 4.79 Å². The molecule has 1 heterocycles. The van der Waals surface area contributed by atoms with E-state index in [1.165, 1.54) is 25.7 Å². The van der Waals surface area contributed by atoms with Gasteiger partial charge in [-0.05, 0) is 65.5 Å². The number of carbonyl (C=O) groups excluding carboxylic acids is 1. The van der Waals surface area contributed by atoms with E-state index in [1.54, 1.807) is 0 Å². The summed E-state index contributed by atoms with van der Waals surface area (Å²) in [4.78, 5) is 14.8. The molecule has 3 heteroatoms. The van der Waals surface area contributed by atoms with Crippen LogP contribution in [0.2, 0.25) is 0 Å². The van der Waals surface area contributed by atoms with Crippen LogP contribution in [-0.4, -0.2) is 29.8 Å². The second kappa shape index (κ2) is 7.40. The summed E-state index contributed by atoms with van der Waals surface area (Å²) in [6.45, 7) is 6.23. The van der Waals surface area contributed by atoms with E-state index < -0.39 is 0 Å². The summed E-state index contributed by atoms with van der Waals surface area (Å²) >= 11 is 0. The molecule has 0 spiro atoms. The van der Waals surface area contributed by atoms with Crippen molar-refractivity contribution in [3.05, 3.63) is 0 Å². The maximum Gasteiger partial charge on any atom is 0.137 e. The minimum absolute atomic E-state index is 0.216. The van der Waals surface area contributed by atoms with Crippen molar-refractivity contribution in [1.29, 1.82) is 5.26 Å². The largest absolute Gasteiger partial charge is 0.300 e. The van der Waals surface area contributed by atoms with Crippen LogP contribution in [0.1, 0.15) is 71.6 Å². The van der Waals surface area contributed by atoms with E-state index in [9.17, 15) is 4.79 Å². The number of carbonyl (C=O) groups is 1. The zero-order valence-electron chi connectivity index (χ0n) is 13.7. The predicted molar refractivity (Wildman–Crippen MR) is 84.8 cm³/mol. The Morgan fingerprint density at radius 3 is 2.71 bits per heavy atom. The third-order valence-corrected chi connectivity index (χ3v) is 5.28. The van der Waals surface area contributed by atoms with Gasteiger partial charge in [0.05, 0.1) is 11.5 Å². The fourth-order valence-corrected chi connectivity index (χ4v) is 3.95. The van der Waals surface area contributed by atoms with E-state index in [4.69, 9.17) is 5.26 Å². The Labute approximate surface area is 129 Å². The van der Waals surface area contributed by atoms with Gasteiger partial charge in [0, 0.05) is 18.4 Å². The molecular weight excluding hydrogens is 260 g/mol. The van der Waals surface area contributed by atoms with Gasteiger partial charge in [0.2, 0.25) is 0 Å². The Morgan fingerprint density at radius 1 is 1.24 bits per heavy atom. The number of piperidine rings is 1. The molecule has 2 atom stereocenters. The molecule has 2 rings (SSSR count). The second-order valence-corrected chi connectivity index (χ2v) is 7.52. The molecule has 0 bridgehead atoms. The van der Waals surface area contributed by atoms with Crippen LogP contribution in [0.25, 0.3) is 0 Å². The van der Waals surface area contributed by atoms with Crippen molar-refractivity contribution in [2.24, 2.45) is 11.3 Å². The summed E-state index contributed by atoms with van der Waals surface area (Å²) in [6, 6.07) is 2.87. The third-order valence-electron chi connectivity index (χ3n) is 5.28. The average molecular weight is 290 g/mol. The van der Waals surface area contributed by atoms with Crippen molar-refractivity contribution >= 4 is 5.78 Å². The van der Waals surface area contributed by atoms with Crippen LogP contribution < -0.4 is 0 Å². The lowest BCUT2D eigenvalue weighted by molar-refractivity contribution is -0.127. The van der Waals surface area contributed by atoms with Gasteiger partial charge in [0.1, 0.15) is 5.78 Å². The predicted octanol–water partition coefficient (Wildman–Crippen LogP) is 3.93. The molecule has 1 saturated heterocycles. The van der Waals surface area contributed by atoms with Crippen molar-refractivity contribution in [1.82, 2.24) is 4.90 Å². The van der Waals surface area contributed by atoms with Crippen molar-refractivity contribution in [2.45, 2.75) is 77.7 Å². The molecule has 2 aliphatic rings. The molecule has 118 valence electrons. The van der Waals surface area contributed by atoms with Crippen LogP contribution in [0.3, 0.4) is 0 Å². The maximum atomic E-state index is 12.2. The molecule has 1 aliphatic carbocycles. The Balaban J connectivity index is 1.90. The Bertz CT molecular complexity index is 397. The van der Waals surface area contributed by atoms with E-state index in [2.05, 4.69) is 11.0 Å². The van der Waals surface area contributed by atoms with E-state index in [1.807, 2.05) is 13.8 Å². The van der Waals surface area contributed by atoms with Gasteiger partial charge in [-0.3, -0.25) is 9.69 Å². The fraction of sp³-hybridized carbons (Fsp3) is 0.889. The molecule has 0 radical (unpaired) electrons. The minimum Gasteiger partial charge on any atom is -0.300 e. The van der Waals surface area contributed by atoms with Gasteiger partial charge >= 0.3 is 0 Å². The molecule has 0 N–H and O–H groups in total. The quantitative estimate of drug-likeness (QED) is 0.770. The molecule has 1 aliphatic heterocycles. The number of hydrogen-bond donors (Lipinski definition) is 0. The maximum absolute atomic E-state index is 12.2. The zero-order valence-corrected chi connectivity index (χ0v) is 13.7. The molecule has 0 aromatic carbocycles. The van der Waals surface area contributed by atoms with Gasteiger partial charge in [-0.2, -0.15) is 5.26 Å². The minimum atomic E-state index is -0.216. The average Bonchev–Trinajstić information content (AvgIpc) is 2.48. The lowest BCUT2D eigenvalue weighted by atomic mass is 9.79. The number of ketones is 1. The Kier molecular flexibility index (Phi) is 5.81. The molecule has 0 aromatic rings. The van der Waals surface area contributed by atoms with E-state index in [0.717, 1.165) is 45.2 Å². The lowest BCUT2D eigenvalue weighted by Crippen LogP contribution is -2.47. The Hall–Kier alpha value is -0.880. The standard InChI is InChI=1S/C18H30N2O/c1-18(2,14-19)11-7-13-20-12-6-5-9-16(20)15-8-3-4-10-17(15)21/h15-16H,3-13H2,1-2H3. The first-order valence-electron chi connectivity index (χ1n) is 8.71. The molecule has 0 aromatic heterocycles. The molecule has 21 heavy (non-hydrogen) atoms. The van der Waals surface area contributed by atoms with Crippen molar-refractivity contribution in [2.75, 3.05) is 13.1 Å². The topological polar surface area (TPSA) is 44.1 Å². The number of nitrogens with zero attached hydrogens (tertiary/aromatic N) is 2. The highest BCUT2D eigenvalue weighted by Gasteiger charge is 2.35. The first-order valence-corrected chi connectivity index (χ1v) is 8.71. The van der Waals surface area contributed by atoms with Crippen LogP contribution in [0.4, 0.5) is 0 Å². The molecular formula is C18H30N2O. The van der Waals surface area contributed by atoms with Crippen LogP contribution in [0.5, 0.6) is 0 Å². The SMILES string of the molecule is CC(C)(C#N)CCCN1CCCCC1C1CCCCC1=O. The summed E-state index contributed by atoms with van der Waals surface area (Å²) < 4.78 is 0. The molecule has 2 unspecified atom stereocenters. The van der Waals surface area contributed by atoms with E-state index in [0.29, 0.717) is 17.7 Å². The van der Waals surface area contributed by atoms with Crippen molar-refractivity contribution in [3.8, 4) is 6.07 Å². The smallest absolute Gasteiger partial charge is 0.137 e. The molecule has 3 nitrogen and oxygen atoms in total. The number of likely N-dealkylation sites (tertiary alicyclic amines) is 1. The van der Waals surface area contributed by atoms with Crippen LogP contribution in [0, 0.1) is 22.7 Å². The Morgan fingerprint density at radius 2 is 2.00 bits per heavy atom. The van der Waals surface area contributed by atoms with E-state index in [-0.39, 0.29) is 5.41 Å². The zero-order chi connectivity index (χ0) is 15.3. The highest BCUT2D eigenvalue weighted by molar-refractivity contribution is 5.82. The summed E-state index contributed by atoms with van der Waals surface area (Å²) in [6.07, 6.45) is 9.97. The van der Waals surface area contributed by atoms with Gasteiger partial charge in [-0.25, -0.2) is 0 Å². The second-order valence-electron chi connectivity index (χ2n) is 7.52. The molecule has 2 fully saturated rings. The summed E-state index contributed by atoms with van der Waals surface area (Å²) in [5.41, 5.74) is -0.216. The first-order chi connectivity index (χ1) is 10.0. The third kappa shape index (κ3) is 4.54. The van der Waals surface area contributed by atoms with Gasteiger partial charge in [0.15, 0.2) is 0 Å². The summed E-state index contributed by atoms with van der Waals surface area (Å²) in [7, 11) is 0. The number of Topliss-reactive ketones (excluding diaryl/α,β-unsaturated/α-hetero) is 1. The van der Waals surface area contributed by atoms with Gasteiger partial charge < -0.3 is 0 Å². The highest BCUT2D eigenvalue weighted by Crippen LogP contribution is 2.32. The summed E-state index contributed by atoms with van der Waals surface area (Å²) in [5, 5.41) is 9.11. The summed E-state index contributed by atoms with van der Waals surface area (Å²) in [5.74, 6) is 0.804. The monoisotopic (exact) mass is 290 g/mol. The normalized spacial score (nSPS) is 28.3. The van der Waals surface area contributed by atoms with Crippen LogP contribution in [-0.2, 0) is 4.79 Å². The molecule has 0 amide bonds. The van der Waals surface area contributed by atoms with Crippen LogP contribution in [0.15, 0.2) is 0 Å². The van der Waals surface area contributed by atoms with Crippen molar-refractivity contribution in [3.63, 3.8) is 0 Å². The lowest BCUT2D eigenvalue weighted by Gasteiger charge is -2.41. The fourth-order valence-electron chi connectivity index (χ4n) is 3.95. The number of hydrogen-bond acceptors (Lipinski definition) is 3. The van der Waals surface area contributed by atoms with Gasteiger partial charge in [-0.15, -0.1) is 0 Å². The molecule has 1 saturated carbocycles. The highest BCUT2D eigenvalue weighted by atomic mass is 16.1. The van der Waals surface area contributed by atoms with Gasteiger partial charge in [-0.1, -0.05) is 12.8 Å². The van der Waals surface area contributed by atoms with E-state index >= 15 is 0 Å². The van der Waals surface area contributed by atoms with Crippen LogP contribution >= 0.6 is 0 Å². The van der Waals surface area contributed by atoms with Gasteiger partial charge in [0.25, 0.3) is 0 Å².